The van der Waals surface area contributed by atoms with Crippen LogP contribution in [0.3, 0.4) is 0 Å². The van der Waals surface area contributed by atoms with E-state index in [1.807, 2.05) is 0 Å². The summed E-state index contributed by atoms with van der Waals surface area (Å²) >= 11 is 1.19. The minimum absolute atomic E-state index is 0.0365. The quantitative estimate of drug-likeness (QED) is 0.418. The summed E-state index contributed by atoms with van der Waals surface area (Å²) in [5.41, 5.74) is 2.86. The minimum Gasteiger partial charge on any atom is -0.266 e. The first-order chi connectivity index (χ1) is 12.4. The van der Waals surface area contributed by atoms with Crippen molar-refractivity contribution in [2.45, 2.75) is 0 Å². The van der Waals surface area contributed by atoms with Crippen molar-refractivity contribution >= 4 is 44.9 Å². The Morgan fingerprint density at radius 1 is 1.00 bits per heavy atom. The lowest BCUT2D eigenvalue weighted by Gasteiger charge is -1.96. The maximum atomic E-state index is 12.1. The second-order valence-corrected chi connectivity index (χ2v) is 6.22. The third-order valence-corrected chi connectivity index (χ3v) is 4.53. The smallest absolute Gasteiger partial charge is 0.266 e. The Bertz CT molecular complexity index is 1040. The van der Waals surface area contributed by atoms with Gasteiger partial charge in [-0.05, 0) is 29.8 Å². The van der Waals surface area contributed by atoms with E-state index in [-0.39, 0.29) is 11.4 Å². The fourth-order valence-corrected chi connectivity index (χ4v) is 3.09. The number of fused-ring (bicyclic) bond motifs is 1. The van der Waals surface area contributed by atoms with Gasteiger partial charge in [-0.15, -0.1) is 11.3 Å². The Balaban J connectivity index is 1.70. The summed E-state index contributed by atoms with van der Waals surface area (Å²) in [5, 5.41) is 25.8. The number of nitro groups is 2. The summed E-state index contributed by atoms with van der Waals surface area (Å²) in [6, 6.07) is 11.6. The molecule has 0 aliphatic rings. The van der Waals surface area contributed by atoms with Crippen LogP contribution < -0.4 is 5.43 Å². The molecule has 0 bridgehead atoms. The Kier molecular flexibility index (Phi) is 4.67. The van der Waals surface area contributed by atoms with E-state index in [0.29, 0.717) is 15.8 Å². The van der Waals surface area contributed by atoms with Crippen molar-refractivity contribution in [3.63, 3.8) is 0 Å². The van der Waals surface area contributed by atoms with Crippen molar-refractivity contribution in [1.29, 1.82) is 0 Å². The summed E-state index contributed by atoms with van der Waals surface area (Å²) in [7, 11) is 0. The van der Waals surface area contributed by atoms with E-state index in [0.717, 1.165) is 4.70 Å². The van der Waals surface area contributed by atoms with Crippen LogP contribution in [0.25, 0.3) is 10.1 Å². The van der Waals surface area contributed by atoms with E-state index in [9.17, 15) is 25.0 Å². The highest BCUT2D eigenvalue weighted by Crippen LogP contribution is 2.28. The van der Waals surface area contributed by atoms with Crippen molar-refractivity contribution < 1.29 is 14.6 Å². The molecule has 3 aromatic rings. The Labute approximate surface area is 149 Å². The first kappa shape index (κ1) is 17.2. The van der Waals surface area contributed by atoms with Crippen LogP contribution in [-0.4, -0.2) is 22.0 Å². The van der Waals surface area contributed by atoms with Gasteiger partial charge in [0.05, 0.1) is 20.9 Å². The lowest BCUT2D eigenvalue weighted by molar-refractivity contribution is -0.385. The number of hydrogen-bond acceptors (Lipinski definition) is 7. The highest BCUT2D eigenvalue weighted by Gasteiger charge is 2.13. The van der Waals surface area contributed by atoms with Gasteiger partial charge in [0.25, 0.3) is 17.3 Å². The molecule has 26 heavy (non-hydrogen) atoms. The average Bonchev–Trinajstić information content (AvgIpc) is 3.05. The number of nitrogens with zero attached hydrogens (tertiary/aromatic N) is 3. The predicted molar refractivity (Wildman–Crippen MR) is 96.6 cm³/mol. The second kappa shape index (κ2) is 7.07. The van der Waals surface area contributed by atoms with Crippen LogP contribution in [0, 0.1) is 20.2 Å². The summed E-state index contributed by atoms with van der Waals surface area (Å²) in [6.45, 7) is 0. The van der Waals surface area contributed by atoms with E-state index in [1.54, 1.807) is 12.1 Å². The number of hydrogen-bond donors (Lipinski definition) is 1. The fraction of sp³-hybridized carbons (Fsp3) is 0. The zero-order valence-corrected chi connectivity index (χ0v) is 13.8. The summed E-state index contributed by atoms with van der Waals surface area (Å²) in [4.78, 5) is 32.9. The molecule has 1 aromatic heterocycles. The van der Waals surface area contributed by atoms with Crippen LogP contribution in [0.2, 0.25) is 0 Å². The van der Waals surface area contributed by atoms with Crippen LogP contribution >= 0.6 is 11.3 Å². The molecule has 10 heteroatoms. The standard InChI is InChI=1S/C16H10N4O5S/c21-16(18-17-9-10-1-3-12(4-2-10)19(22)23)15-8-11-7-13(20(24)25)5-6-14(11)26-15/h1-9H,(H,18,21)/b17-9-. The highest BCUT2D eigenvalue weighted by atomic mass is 32.1. The second-order valence-electron chi connectivity index (χ2n) is 5.14. The summed E-state index contributed by atoms with van der Waals surface area (Å²) < 4.78 is 0.750. The third kappa shape index (κ3) is 3.70. The normalized spacial score (nSPS) is 10.9. The number of nitrogens with one attached hydrogen (secondary N) is 1. The third-order valence-electron chi connectivity index (χ3n) is 3.42. The fourth-order valence-electron chi connectivity index (χ4n) is 2.16. The van der Waals surface area contributed by atoms with Crippen molar-refractivity contribution in [1.82, 2.24) is 5.43 Å². The van der Waals surface area contributed by atoms with Crippen molar-refractivity contribution in [2.24, 2.45) is 5.10 Å². The van der Waals surface area contributed by atoms with Gasteiger partial charge in [-0.2, -0.15) is 5.10 Å². The summed E-state index contributed by atoms with van der Waals surface area (Å²) in [6.07, 6.45) is 1.36. The SMILES string of the molecule is O=C(N/N=C\c1ccc([N+](=O)[O-])cc1)c1cc2cc([N+](=O)[O-])ccc2s1. The van der Waals surface area contributed by atoms with Gasteiger partial charge >= 0.3 is 0 Å². The minimum atomic E-state index is -0.505. The van der Waals surface area contributed by atoms with E-state index in [4.69, 9.17) is 0 Å². The van der Waals surface area contributed by atoms with Crippen molar-refractivity contribution in [3.05, 3.63) is 79.2 Å². The number of carbonyl (C=O) groups is 1. The molecule has 130 valence electrons. The molecule has 1 N–H and O–H groups in total. The number of rotatable bonds is 5. The molecule has 3 rings (SSSR count). The molecule has 0 fully saturated rings. The molecule has 0 saturated heterocycles. The molecule has 0 radical (unpaired) electrons. The number of benzene rings is 2. The van der Waals surface area contributed by atoms with Gasteiger partial charge < -0.3 is 0 Å². The molecule has 9 nitrogen and oxygen atoms in total. The number of hydrazone groups is 1. The maximum absolute atomic E-state index is 12.1. The van der Waals surface area contributed by atoms with Gasteiger partial charge in [0.1, 0.15) is 0 Å². The Morgan fingerprint density at radius 2 is 1.65 bits per heavy atom. The van der Waals surface area contributed by atoms with Crippen LogP contribution in [-0.2, 0) is 0 Å². The van der Waals surface area contributed by atoms with Crippen molar-refractivity contribution in [3.8, 4) is 0 Å². The number of amides is 1. The molecule has 1 amide bonds. The molecule has 1 heterocycles. The van der Waals surface area contributed by atoms with Crippen LogP contribution in [0.5, 0.6) is 0 Å². The summed E-state index contributed by atoms with van der Waals surface area (Å²) in [5.74, 6) is -0.452. The molecule has 2 aromatic carbocycles. The Hall–Kier alpha value is -3.66. The molecule has 0 aliphatic carbocycles. The van der Waals surface area contributed by atoms with Crippen molar-refractivity contribution in [2.75, 3.05) is 0 Å². The molecule has 0 atom stereocenters. The number of nitro benzene ring substituents is 2. The van der Waals surface area contributed by atoms with E-state index in [2.05, 4.69) is 10.5 Å². The van der Waals surface area contributed by atoms with E-state index >= 15 is 0 Å². The van der Waals surface area contributed by atoms with Crippen LogP contribution in [0.15, 0.2) is 53.6 Å². The molecule has 0 saturated carbocycles. The lowest BCUT2D eigenvalue weighted by atomic mass is 10.2. The van der Waals surface area contributed by atoms with Crippen LogP contribution in [0.1, 0.15) is 15.2 Å². The zero-order chi connectivity index (χ0) is 18.7. The molecular formula is C16H10N4O5S. The lowest BCUT2D eigenvalue weighted by Crippen LogP contribution is -2.16. The molecule has 0 unspecified atom stereocenters. The number of carbonyl (C=O) groups excluding carboxylic acids is 1. The largest absolute Gasteiger partial charge is 0.281 e. The zero-order valence-electron chi connectivity index (χ0n) is 13.0. The number of non-ortho nitro benzene ring substituents is 2. The molecule has 0 spiro atoms. The van der Waals surface area contributed by atoms with Gasteiger partial charge in [-0.1, -0.05) is 0 Å². The topological polar surface area (TPSA) is 128 Å². The molecule has 0 aliphatic heterocycles. The van der Waals surface area contributed by atoms with Crippen LogP contribution in [0.4, 0.5) is 11.4 Å². The van der Waals surface area contributed by atoms with Gasteiger partial charge in [0.2, 0.25) is 0 Å². The Morgan fingerprint density at radius 3 is 2.31 bits per heavy atom. The van der Waals surface area contributed by atoms with Gasteiger partial charge in [0, 0.05) is 34.4 Å². The van der Waals surface area contributed by atoms with E-state index < -0.39 is 15.8 Å². The monoisotopic (exact) mass is 370 g/mol. The molecular weight excluding hydrogens is 360 g/mol. The van der Waals surface area contributed by atoms with E-state index in [1.165, 1.54) is 53.9 Å². The first-order valence-corrected chi connectivity index (χ1v) is 8.01. The predicted octanol–water partition coefficient (Wildman–Crippen LogP) is 3.48. The van der Waals surface area contributed by atoms with Gasteiger partial charge in [0.15, 0.2) is 0 Å². The van der Waals surface area contributed by atoms with Gasteiger partial charge in [-0.25, -0.2) is 5.43 Å². The average molecular weight is 370 g/mol. The number of thiophene rings is 1. The maximum Gasteiger partial charge on any atom is 0.281 e. The first-order valence-electron chi connectivity index (χ1n) is 7.20. The highest BCUT2D eigenvalue weighted by molar-refractivity contribution is 7.20. The van der Waals surface area contributed by atoms with Gasteiger partial charge in [-0.3, -0.25) is 25.0 Å².